The van der Waals surface area contributed by atoms with E-state index in [2.05, 4.69) is 5.32 Å². The van der Waals surface area contributed by atoms with E-state index in [1.54, 1.807) is 0 Å². The van der Waals surface area contributed by atoms with Crippen molar-refractivity contribution >= 4 is 0 Å². The molecule has 1 saturated heterocycles. The van der Waals surface area contributed by atoms with Crippen molar-refractivity contribution in [1.82, 2.24) is 5.32 Å². The largest absolute Gasteiger partial charge is 0.392 e. The molecule has 0 amide bonds. The van der Waals surface area contributed by atoms with E-state index in [0.717, 1.165) is 0 Å². The molecule has 2 rings (SSSR count). The molecule has 0 bridgehead atoms. The summed E-state index contributed by atoms with van der Waals surface area (Å²) in [4.78, 5) is 0. The maximum atomic E-state index is 12.7. The molecule has 2 fully saturated rings. The van der Waals surface area contributed by atoms with Crippen LogP contribution in [0.25, 0.3) is 0 Å². The van der Waals surface area contributed by atoms with Crippen molar-refractivity contribution in [2.75, 3.05) is 19.7 Å². The first-order valence-corrected chi connectivity index (χ1v) is 6.05. The number of ether oxygens (including phenoxy) is 1. The van der Waals surface area contributed by atoms with Gasteiger partial charge in [-0.05, 0) is 39.7 Å². The first-order valence-electron chi connectivity index (χ1n) is 6.05. The minimum atomic E-state index is -4.05. The molecular weight excluding hydrogens is 231 g/mol. The van der Waals surface area contributed by atoms with Gasteiger partial charge in [-0.15, -0.1) is 0 Å². The molecule has 0 radical (unpaired) electrons. The second-order valence-electron chi connectivity index (χ2n) is 6.35. The number of fused-ring (bicyclic) bond motifs is 1. The molecule has 1 N–H and O–H groups in total. The van der Waals surface area contributed by atoms with E-state index in [1.807, 2.05) is 20.8 Å². The van der Waals surface area contributed by atoms with Crippen LogP contribution in [0.3, 0.4) is 0 Å². The number of halogens is 3. The standard InChI is InChI=1S/C12H20F3NO/c1-10(2,3)17-7-11-4-8(12(13,14)15)9(11)5-16-6-11/h8-9,16H,4-7H2,1-3H3/t8-,9+,11+/m1/s1. The summed E-state index contributed by atoms with van der Waals surface area (Å²) in [6.45, 7) is 7.35. The van der Waals surface area contributed by atoms with Gasteiger partial charge in [-0.3, -0.25) is 0 Å². The van der Waals surface area contributed by atoms with E-state index in [0.29, 0.717) is 19.7 Å². The highest BCUT2D eigenvalue weighted by molar-refractivity contribution is 5.09. The van der Waals surface area contributed by atoms with Crippen LogP contribution in [-0.4, -0.2) is 31.5 Å². The van der Waals surface area contributed by atoms with Gasteiger partial charge in [-0.1, -0.05) is 0 Å². The van der Waals surface area contributed by atoms with Gasteiger partial charge >= 0.3 is 6.18 Å². The fraction of sp³-hybridized carbons (Fsp3) is 1.00. The topological polar surface area (TPSA) is 21.3 Å². The third-order valence-electron chi connectivity index (χ3n) is 3.95. The second-order valence-corrected chi connectivity index (χ2v) is 6.35. The van der Waals surface area contributed by atoms with Gasteiger partial charge < -0.3 is 10.1 Å². The SMILES string of the molecule is CC(C)(C)OC[C@]12CNC[C@H]1[C@H](C(F)(F)F)C2. The summed E-state index contributed by atoms with van der Waals surface area (Å²) < 4.78 is 43.8. The lowest BCUT2D eigenvalue weighted by molar-refractivity contribution is -0.252. The normalized spacial score (nSPS) is 37.8. The van der Waals surface area contributed by atoms with Crippen molar-refractivity contribution in [1.29, 1.82) is 0 Å². The molecule has 2 aliphatic rings. The van der Waals surface area contributed by atoms with Gasteiger partial charge in [0.1, 0.15) is 0 Å². The Morgan fingerprint density at radius 1 is 1.29 bits per heavy atom. The summed E-state index contributed by atoms with van der Waals surface area (Å²) >= 11 is 0. The van der Waals surface area contributed by atoms with Gasteiger partial charge in [0.2, 0.25) is 0 Å². The zero-order chi connectivity index (χ0) is 12.9. The lowest BCUT2D eigenvalue weighted by Gasteiger charge is -2.51. The van der Waals surface area contributed by atoms with Crippen LogP contribution in [0.2, 0.25) is 0 Å². The molecule has 1 aliphatic carbocycles. The minimum Gasteiger partial charge on any atom is -0.375 e. The van der Waals surface area contributed by atoms with Crippen LogP contribution in [-0.2, 0) is 4.74 Å². The summed E-state index contributed by atoms with van der Waals surface area (Å²) in [5.41, 5.74) is -0.571. The van der Waals surface area contributed by atoms with Crippen molar-refractivity contribution in [3.63, 3.8) is 0 Å². The summed E-state index contributed by atoms with van der Waals surface area (Å²) in [5.74, 6) is -1.44. The number of rotatable bonds is 2. The van der Waals surface area contributed by atoms with E-state index >= 15 is 0 Å². The number of alkyl halides is 3. The Morgan fingerprint density at radius 2 is 1.94 bits per heavy atom. The fourth-order valence-electron chi connectivity index (χ4n) is 2.96. The van der Waals surface area contributed by atoms with Crippen LogP contribution in [0.4, 0.5) is 13.2 Å². The molecule has 5 heteroatoms. The predicted octanol–water partition coefficient (Wildman–Crippen LogP) is 2.59. The summed E-state index contributed by atoms with van der Waals surface area (Å²) in [6, 6.07) is 0. The monoisotopic (exact) mass is 251 g/mol. The molecule has 1 saturated carbocycles. The molecule has 1 heterocycles. The Bertz CT molecular complexity index is 293. The Morgan fingerprint density at radius 3 is 2.47 bits per heavy atom. The smallest absolute Gasteiger partial charge is 0.375 e. The zero-order valence-corrected chi connectivity index (χ0v) is 10.5. The Kier molecular flexibility index (Phi) is 2.98. The average molecular weight is 251 g/mol. The predicted molar refractivity (Wildman–Crippen MR) is 58.7 cm³/mol. The molecule has 3 atom stereocenters. The molecule has 0 aromatic heterocycles. The highest BCUT2D eigenvalue weighted by Crippen LogP contribution is 2.59. The van der Waals surface area contributed by atoms with E-state index in [4.69, 9.17) is 4.74 Å². The van der Waals surface area contributed by atoms with Crippen molar-refractivity contribution in [3.05, 3.63) is 0 Å². The quantitative estimate of drug-likeness (QED) is 0.814. The van der Waals surface area contributed by atoms with Gasteiger partial charge in [0.15, 0.2) is 0 Å². The second kappa shape index (κ2) is 3.85. The maximum absolute atomic E-state index is 12.7. The Labute approximate surface area is 99.9 Å². The number of hydrogen-bond donors (Lipinski definition) is 1. The van der Waals surface area contributed by atoms with Crippen molar-refractivity contribution in [2.45, 2.75) is 39.0 Å². The van der Waals surface area contributed by atoms with E-state index in [1.165, 1.54) is 0 Å². The molecule has 17 heavy (non-hydrogen) atoms. The Balaban J connectivity index is 1.99. The summed E-state index contributed by atoms with van der Waals surface area (Å²) in [7, 11) is 0. The van der Waals surface area contributed by atoms with Gasteiger partial charge in [0.25, 0.3) is 0 Å². The summed E-state index contributed by atoms with van der Waals surface area (Å²) in [6.07, 6.45) is -3.84. The van der Waals surface area contributed by atoms with Gasteiger partial charge in [0, 0.05) is 12.0 Å². The third kappa shape index (κ3) is 2.45. The minimum absolute atomic E-state index is 0.213. The van der Waals surface area contributed by atoms with Gasteiger partial charge in [-0.25, -0.2) is 0 Å². The summed E-state index contributed by atoms with van der Waals surface area (Å²) in [5, 5.41) is 3.08. The molecule has 2 nitrogen and oxygen atoms in total. The van der Waals surface area contributed by atoms with Crippen LogP contribution >= 0.6 is 0 Å². The van der Waals surface area contributed by atoms with Crippen LogP contribution in [0.15, 0.2) is 0 Å². The van der Waals surface area contributed by atoms with Gasteiger partial charge in [-0.2, -0.15) is 13.2 Å². The van der Waals surface area contributed by atoms with Crippen LogP contribution in [0.5, 0.6) is 0 Å². The van der Waals surface area contributed by atoms with Crippen molar-refractivity contribution < 1.29 is 17.9 Å². The highest BCUT2D eigenvalue weighted by atomic mass is 19.4. The van der Waals surface area contributed by atoms with Crippen molar-refractivity contribution in [2.24, 2.45) is 17.3 Å². The molecule has 0 unspecified atom stereocenters. The average Bonchev–Trinajstić information content (AvgIpc) is 2.38. The molecule has 100 valence electrons. The first kappa shape index (κ1) is 13.1. The lowest BCUT2D eigenvalue weighted by atomic mass is 9.55. The van der Waals surface area contributed by atoms with E-state index < -0.39 is 12.1 Å². The lowest BCUT2D eigenvalue weighted by Crippen LogP contribution is -2.56. The van der Waals surface area contributed by atoms with Crippen molar-refractivity contribution in [3.8, 4) is 0 Å². The maximum Gasteiger partial charge on any atom is 0.392 e. The number of nitrogens with one attached hydrogen (secondary N) is 1. The molecule has 0 spiro atoms. The fourth-order valence-corrected chi connectivity index (χ4v) is 2.96. The highest BCUT2D eigenvalue weighted by Gasteiger charge is 2.64. The third-order valence-corrected chi connectivity index (χ3v) is 3.95. The Hall–Kier alpha value is -0.290. The van der Waals surface area contributed by atoms with E-state index in [-0.39, 0.29) is 23.4 Å². The van der Waals surface area contributed by atoms with Crippen LogP contribution in [0, 0.1) is 17.3 Å². The van der Waals surface area contributed by atoms with Crippen LogP contribution < -0.4 is 5.32 Å². The first-order chi connectivity index (χ1) is 7.64. The van der Waals surface area contributed by atoms with Crippen LogP contribution in [0.1, 0.15) is 27.2 Å². The zero-order valence-electron chi connectivity index (χ0n) is 10.5. The molecule has 1 aliphatic heterocycles. The van der Waals surface area contributed by atoms with Gasteiger partial charge in [0.05, 0.1) is 18.1 Å². The molecule has 0 aromatic rings. The molecule has 0 aromatic carbocycles. The van der Waals surface area contributed by atoms with E-state index in [9.17, 15) is 13.2 Å². The molecular formula is C12H20F3NO. The number of hydrogen-bond acceptors (Lipinski definition) is 2.